The van der Waals surface area contributed by atoms with Crippen molar-refractivity contribution in [2.75, 3.05) is 0 Å². The Morgan fingerprint density at radius 2 is 0.614 bits per heavy atom. The zero-order valence-corrected chi connectivity index (χ0v) is 57.5. The monoisotopic (exact) mass is 1160 g/mol. The molecule has 6 aliphatic rings. The van der Waals surface area contributed by atoms with Crippen LogP contribution in [0.5, 0.6) is 0 Å². The Morgan fingerprint density at radius 3 is 1.19 bits per heavy atom. The van der Waals surface area contributed by atoms with E-state index < -0.39 is 0 Å². The maximum Gasteiger partial charge on any atom is 0.0579 e. The molecule has 4 heterocycles. The van der Waals surface area contributed by atoms with Gasteiger partial charge in [0.15, 0.2) is 0 Å². The molecule has 456 valence electrons. The van der Waals surface area contributed by atoms with E-state index in [1.807, 2.05) is 138 Å². The average Bonchev–Trinajstić information content (AvgIpc) is 1.55. The topological polar surface area (TPSA) is 9.86 Å². The third kappa shape index (κ3) is 11.2. The van der Waals surface area contributed by atoms with Crippen molar-refractivity contribution >= 4 is 43.6 Å². The summed E-state index contributed by atoms with van der Waals surface area (Å²) in [6.45, 7) is 40.0. The molecule has 0 N–H and O–H groups in total. The summed E-state index contributed by atoms with van der Waals surface area (Å²) in [6.07, 6.45) is 6.12. The molecule has 18 rings (SSSR count). The summed E-state index contributed by atoms with van der Waals surface area (Å²) < 4.78 is 5.23. The molecule has 0 saturated heterocycles. The average molecular weight is 1160 g/mol. The highest BCUT2D eigenvalue weighted by Crippen LogP contribution is 2.52. The number of aromatic nitrogens is 2. The van der Waals surface area contributed by atoms with E-state index in [2.05, 4.69) is 191 Å². The summed E-state index contributed by atoms with van der Waals surface area (Å²) in [6, 6.07) is 68.8. The summed E-state index contributed by atoms with van der Waals surface area (Å²) in [5.74, 6) is 0. The molecule has 2 heteroatoms. The minimum Gasteiger partial charge on any atom is -0.308 e. The molecular weight excluding hydrogens is 1060 g/mol. The van der Waals surface area contributed by atoms with Crippen molar-refractivity contribution in [1.82, 2.24) is 9.13 Å². The largest absolute Gasteiger partial charge is 0.308 e. The maximum absolute atomic E-state index is 2.62. The highest BCUT2D eigenvalue weighted by molar-refractivity contribution is 6.16. The van der Waals surface area contributed by atoms with E-state index in [-0.39, 0.29) is 0 Å². The summed E-state index contributed by atoms with van der Waals surface area (Å²) in [5, 5.41) is 5.63. The van der Waals surface area contributed by atoms with E-state index in [1.165, 1.54) is 166 Å². The highest BCUT2D eigenvalue weighted by Gasteiger charge is 2.33. The highest BCUT2D eigenvalue weighted by atomic mass is 15.0. The summed E-state index contributed by atoms with van der Waals surface area (Å²) >= 11 is 0. The van der Waals surface area contributed by atoms with Gasteiger partial charge in [-0.3, -0.25) is 0 Å². The Labute approximate surface area is 531 Å². The van der Waals surface area contributed by atoms with Gasteiger partial charge in [-0.15, -0.1) is 0 Å². The normalized spacial score (nSPS) is 11.6. The van der Waals surface area contributed by atoms with E-state index in [9.17, 15) is 0 Å². The first-order chi connectivity index (χ1) is 43.7. The third-order valence-corrected chi connectivity index (χ3v) is 16.9. The lowest BCUT2D eigenvalue weighted by atomic mass is 9.92. The van der Waals surface area contributed by atoms with Crippen molar-refractivity contribution < 1.29 is 0 Å². The Balaban J connectivity index is 0.000000196. The smallest absolute Gasteiger partial charge is 0.0579 e. The van der Waals surface area contributed by atoms with Crippen molar-refractivity contribution in [2.45, 2.75) is 177 Å². The molecule has 2 aliphatic heterocycles. The number of benzene rings is 10. The van der Waals surface area contributed by atoms with E-state index in [1.54, 1.807) is 0 Å². The maximum atomic E-state index is 2.62. The van der Waals surface area contributed by atoms with Gasteiger partial charge in [0.2, 0.25) is 0 Å². The van der Waals surface area contributed by atoms with Crippen LogP contribution in [-0.2, 0) is 38.5 Å². The van der Waals surface area contributed by atoms with E-state index in [4.69, 9.17) is 0 Å². The Hall–Kier alpha value is -8.20. The molecular formula is C86H102N2. The number of rotatable bonds is 0. The fourth-order valence-electron chi connectivity index (χ4n) is 14.1. The molecule has 2 aromatic heterocycles. The lowest BCUT2D eigenvalue weighted by Crippen LogP contribution is -2.10. The SMILES string of the molecule is CC.CC.CC.CC.CC.CC.CC.CC.CC.CC.c1ccc2c(c1)Cc1c-2ccc2c1c1cccc3c1n2-c1c(ccc2c1-c1ccccc1C2)C3.c1ccc2c(c1)Cc1cc3c(cc1-2)c1cccc2c1n3-c1c(ccc3c1Cc1ccccc1-3)C2. The lowest BCUT2D eigenvalue weighted by Gasteiger charge is -2.24. The Bertz CT molecular complexity index is 4320. The van der Waals surface area contributed by atoms with Gasteiger partial charge in [0.1, 0.15) is 0 Å². The first kappa shape index (κ1) is 67.3. The summed E-state index contributed by atoms with van der Waals surface area (Å²) in [7, 11) is 0. The number of nitrogens with zero attached hydrogens (tertiary/aromatic N) is 2. The quantitative estimate of drug-likeness (QED) is 0.143. The van der Waals surface area contributed by atoms with Gasteiger partial charge in [-0.2, -0.15) is 0 Å². The van der Waals surface area contributed by atoms with Crippen molar-refractivity contribution in [2.24, 2.45) is 0 Å². The van der Waals surface area contributed by atoms with Crippen LogP contribution >= 0.6 is 0 Å². The molecule has 4 aliphatic carbocycles. The van der Waals surface area contributed by atoms with Gasteiger partial charge in [0.05, 0.1) is 33.4 Å². The van der Waals surface area contributed by atoms with E-state index >= 15 is 0 Å². The zero-order valence-electron chi connectivity index (χ0n) is 57.5. The Morgan fingerprint density at radius 1 is 0.227 bits per heavy atom. The van der Waals surface area contributed by atoms with Gasteiger partial charge in [-0.25, -0.2) is 0 Å². The second-order valence-corrected chi connectivity index (χ2v) is 20.2. The zero-order chi connectivity index (χ0) is 63.9. The van der Waals surface area contributed by atoms with Crippen LogP contribution in [0, 0.1) is 0 Å². The molecule has 88 heavy (non-hydrogen) atoms. The van der Waals surface area contributed by atoms with E-state index in [0.717, 1.165) is 38.5 Å². The Kier molecular flexibility index (Phi) is 23.8. The van der Waals surface area contributed by atoms with Gasteiger partial charge in [-0.1, -0.05) is 302 Å². The molecule has 0 radical (unpaired) electrons. The molecule has 0 spiro atoms. The van der Waals surface area contributed by atoms with Crippen LogP contribution in [0.4, 0.5) is 0 Å². The second-order valence-electron chi connectivity index (χ2n) is 20.2. The van der Waals surface area contributed by atoms with E-state index in [0.29, 0.717) is 0 Å². The van der Waals surface area contributed by atoms with Gasteiger partial charge >= 0.3 is 0 Å². The van der Waals surface area contributed by atoms with Gasteiger partial charge in [0.25, 0.3) is 0 Å². The van der Waals surface area contributed by atoms with Crippen LogP contribution in [-0.4, -0.2) is 9.13 Å². The number of hydrogen-bond acceptors (Lipinski definition) is 0. The van der Waals surface area contributed by atoms with Crippen LogP contribution in [0.1, 0.15) is 205 Å². The van der Waals surface area contributed by atoms with Crippen molar-refractivity contribution in [1.29, 1.82) is 0 Å². The van der Waals surface area contributed by atoms with Crippen LogP contribution in [0.15, 0.2) is 182 Å². The molecule has 0 saturated carbocycles. The molecule has 0 fully saturated rings. The first-order valence-corrected chi connectivity index (χ1v) is 34.5. The van der Waals surface area contributed by atoms with Crippen LogP contribution in [0.3, 0.4) is 0 Å². The number of hydrogen-bond donors (Lipinski definition) is 0. The fourth-order valence-corrected chi connectivity index (χ4v) is 14.1. The molecule has 10 aromatic carbocycles. The second kappa shape index (κ2) is 31.1. The fraction of sp³-hybridized carbons (Fsp3) is 0.302. The molecule has 0 amide bonds. The van der Waals surface area contributed by atoms with Crippen molar-refractivity contribution in [3.05, 3.63) is 249 Å². The minimum absolute atomic E-state index is 1.00. The van der Waals surface area contributed by atoms with Crippen molar-refractivity contribution in [3.63, 3.8) is 0 Å². The van der Waals surface area contributed by atoms with Gasteiger partial charge in [-0.05, 0) is 143 Å². The predicted molar refractivity (Wildman–Crippen MR) is 394 cm³/mol. The standard InChI is InChI=1S/2C33H21N.10C2H6/c1-4-10-25-19(6-1)14-23-17-31-29(18-28(23)25)27-11-5-8-21-15-22-12-13-26-24-9-3-2-7-20(24)16-30(26)33(22)34(31)32(21)27;1-3-9-24-20(7-1)18-28-26(24)14-15-29-31(28)27-11-5-8-22-17-23-13-12-21-16-19-6-2-4-10-25(19)30(21)33(23)34(29)32(22)27;10*1-2/h1-13,17-18H,14-16H2;1-15H,16-18H2;10*1-2H3. The molecule has 0 unspecified atom stereocenters. The minimum atomic E-state index is 1.00. The summed E-state index contributed by atoms with van der Waals surface area (Å²) in [4.78, 5) is 0. The third-order valence-electron chi connectivity index (χ3n) is 16.9. The van der Waals surface area contributed by atoms with Crippen LogP contribution in [0.25, 0.3) is 99.5 Å². The molecule has 0 bridgehead atoms. The predicted octanol–water partition coefficient (Wildman–Crippen LogP) is 25.9. The number of fused-ring (bicyclic) bond motifs is 25. The number of para-hydroxylation sites is 2. The lowest BCUT2D eigenvalue weighted by molar-refractivity contribution is 1.02. The molecule has 0 atom stereocenters. The van der Waals surface area contributed by atoms with Crippen LogP contribution < -0.4 is 0 Å². The van der Waals surface area contributed by atoms with Gasteiger partial charge < -0.3 is 9.13 Å². The van der Waals surface area contributed by atoms with Gasteiger partial charge in [0, 0.05) is 46.4 Å². The molecule has 2 nitrogen and oxygen atoms in total. The summed E-state index contributed by atoms with van der Waals surface area (Å²) in [5.41, 5.74) is 37.2. The van der Waals surface area contributed by atoms with Crippen molar-refractivity contribution in [3.8, 4) is 55.9 Å². The molecule has 12 aromatic rings. The first-order valence-electron chi connectivity index (χ1n) is 34.5. The van der Waals surface area contributed by atoms with Crippen LogP contribution in [0.2, 0.25) is 0 Å².